The van der Waals surface area contributed by atoms with Crippen molar-refractivity contribution in [2.24, 2.45) is 16.2 Å². The fraction of sp³-hybridized carbons (Fsp3) is 0.544. The fourth-order valence-corrected chi connectivity index (χ4v) is 13.4. The second kappa shape index (κ2) is 18.4. The number of pyridine rings is 1. The van der Waals surface area contributed by atoms with Gasteiger partial charge in [0.25, 0.3) is 5.91 Å². The molecule has 1 saturated carbocycles. The summed E-state index contributed by atoms with van der Waals surface area (Å²) < 4.78 is 38.9. The van der Waals surface area contributed by atoms with Gasteiger partial charge >= 0.3 is 6.01 Å². The maximum absolute atomic E-state index is 17.2. The standard InChI is InChI=1S/C57H67F2N9O6/c1-4-39-43(58)9-6-35-25-38(69)26-41(46(35)39)48-47(59)49-42(27-60-48)50(67-19-5-12-55(3,73)30-67)63-53(62-49)74-34-57(13-14-57)33-64-20-15-54(2,16-21-64)29-65-31-56(32-65)17-22-66(23-18-56)37-7-8-40-36(24-37)28-68(52(40)72)44-10-11-45(70)61-51(44)71/h6-9,24-27,44,69,73H,4-5,10-23,28-34H2,1-3H3,(H,61,70,71)/t44-,55+/m0/s1. The molecule has 2 aromatic heterocycles. The van der Waals surface area contributed by atoms with E-state index in [-0.39, 0.29) is 63.5 Å². The highest BCUT2D eigenvalue weighted by Crippen LogP contribution is 2.49. The van der Waals surface area contributed by atoms with Crippen LogP contribution < -0.4 is 19.9 Å². The molecular formula is C57H67F2N9O6. The van der Waals surface area contributed by atoms with Crippen molar-refractivity contribution in [1.29, 1.82) is 0 Å². The van der Waals surface area contributed by atoms with Crippen molar-refractivity contribution in [3.8, 4) is 23.0 Å². The lowest BCUT2D eigenvalue weighted by molar-refractivity contribution is -0.136. The average Bonchev–Trinajstić information content (AvgIpc) is 4.06. The molecule has 5 aromatic rings. The lowest BCUT2D eigenvalue weighted by Gasteiger charge is -2.57. The van der Waals surface area contributed by atoms with Crippen molar-refractivity contribution in [3.05, 3.63) is 77.0 Å². The molecule has 6 aliphatic heterocycles. The number of aromatic hydroxyl groups is 1. The Bertz CT molecular complexity index is 3090. The summed E-state index contributed by atoms with van der Waals surface area (Å²) in [6.07, 6.45) is 10.4. The molecule has 7 aliphatic rings. The Hall–Kier alpha value is -6.04. The number of carbonyl (C=O) groups excluding carboxylic acids is 3. The number of anilines is 2. The number of fused-ring (bicyclic) bond motifs is 3. The molecule has 2 atom stereocenters. The predicted molar refractivity (Wildman–Crippen MR) is 277 cm³/mol. The molecule has 0 bridgehead atoms. The van der Waals surface area contributed by atoms with E-state index in [9.17, 15) is 24.6 Å². The van der Waals surface area contributed by atoms with Crippen molar-refractivity contribution < 1.29 is 38.1 Å². The summed E-state index contributed by atoms with van der Waals surface area (Å²) in [4.78, 5) is 63.0. The fourth-order valence-electron chi connectivity index (χ4n) is 13.4. The number of likely N-dealkylation sites (tertiary alicyclic amines) is 2. The summed E-state index contributed by atoms with van der Waals surface area (Å²) in [6.45, 7) is 16.0. The van der Waals surface area contributed by atoms with E-state index in [1.807, 2.05) is 24.0 Å². The van der Waals surface area contributed by atoms with Gasteiger partial charge in [0.15, 0.2) is 5.82 Å². The first-order valence-electron chi connectivity index (χ1n) is 26.9. The largest absolute Gasteiger partial charge is 0.508 e. The number of piperidine rings is 4. The van der Waals surface area contributed by atoms with Crippen LogP contribution in [0.4, 0.5) is 20.3 Å². The van der Waals surface area contributed by atoms with Crippen LogP contribution in [-0.4, -0.2) is 141 Å². The molecule has 1 aliphatic carbocycles. The number of carbonyl (C=O) groups is 3. The lowest BCUT2D eigenvalue weighted by atomic mass is 9.70. The topological polar surface area (TPSA) is 168 Å². The summed E-state index contributed by atoms with van der Waals surface area (Å²) in [5.74, 6) is -1.58. The Balaban J connectivity index is 0.668. The SMILES string of the molecule is CCc1c(F)ccc2cc(O)cc(-c3ncc4c(N5CCC[C@@](C)(O)C5)nc(OCC5(CN6CCC(C)(CN7CC8(CCN(c9ccc%10c(c9)CN([C@H]9CCC(=O)NC9=O)C%10=O)CC8)C7)CC6)CC5)nc4c3F)c12. The Labute approximate surface area is 430 Å². The maximum atomic E-state index is 17.2. The maximum Gasteiger partial charge on any atom is 0.319 e. The number of β-amino-alcohol motifs (C(OH)–C–C–N with tert-alkyl or cyclic N) is 1. The van der Waals surface area contributed by atoms with Crippen LogP contribution >= 0.6 is 0 Å². The number of hydrogen-bond acceptors (Lipinski definition) is 13. The van der Waals surface area contributed by atoms with E-state index in [1.54, 1.807) is 30.2 Å². The first kappa shape index (κ1) is 48.9. The second-order valence-corrected chi connectivity index (χ2v) is 23.8. The number of nitrogens with zero attached hydrogens (tertiary/aromatic N) is 8. The number of aliphatic hydroxyl groups is 1. The van der Waals surface area contributed by atoms with E-state index < -0.39 is 23.3 Å². The minimum absolute atomic E-state index is 0.0160. The number of nitrogens with one attached hydrogen (secondary N) is 1. The molecule has 3 amide bonds. The first-order chi connectivity index (χ1) is 35.5. The molecule has 12 rings (SSSR count). The van der Waals surface area contributed by atoms with Crippen LogP contribution in [0.15, 0.2) is 48.7 Å². The van der Waals surface area contributed by atoms with E-state index in [2.05, 4.69) is 38.0 Å². The van der Waals surface area contributed by atoms with Crippen LogP contribution in [-0.2, 0) is 22.6 Å². The van der Waals surface area contributed by atoms with Crippen LogP contribution in [0.3, 0.4) is 0 Å². The van der Waals surface area contributed by atoms with Crippen molar-refractivity contribution in [2.75, 3.05) is 81.9 Å². The molecule has 0 unspecified atom stereocenters. The number of benzene rings is 3. The highest BCUT2D eigenvalue weighted by molar-refractivity contribution is 6.06. The smallest absolute Gasteiger partial charge is 0.319 e. The molecule has 6 fully saturated rings. The minimum atomic E-state index is -0.965. The second-order valence-electron chi connectivity index (χ2n) is 23.8. The van der Waals surface area contributed by atoms with Gasteiger partial charge in [0, 0.05) is 93.7 Å². The normalized spacial score (nSPS) is 24.6. The number of rotatable bonds is 12. The summed E-state index contributed by atoms with van der Waals surface area (Å²) in [6, 6.07) is 11.4. The summed E-state index contributed by atoms with van der Waals surface area (Å²) in [5, 5.41) is 25.7. The molecule has 8 heterocycles. The van der Waals surface area contributed by atoms with Crippen LogP contribution in [0.25, 0.3) is 32.9 Å². The van der Waals surface area contributed by atoms with Gasteiger partial charge < -0.3 is 39.4 Å². The van der Waals surface area contributed by atoms with Crippen LogP contribution in [0.5, 0.6) is 11.8 Å². The van der Waals surface area contributed by atoms with Gasteiger partial charge in [0.05, 0.1) is 17.6 Å². The van der Waals surface area contributed by atoms with Gasteiger partial charge in [-0.05, 0) is 153 Å². The molecule has 0 radical (unpaired) electrons. The molecule has 1 spiro atoms. The highest BCUT2D eigenvalue weighted by Gasteiger charge is 2.49. The quantitative estimate of drug-likeness (QED) is 0.106. The molecular weight excluding hydrogens is 945 g/mol. The zero-order valence-corrected chi connectivity index (χ0v) is 42.8. The number of aryl methyl sites for hydroxylation is 1. The molecule has 3 aromatic carbocycles. The highest BCUT2D eigenvalue weighted by atomic mass is 19.1. The minimum Gasteiger partial charge on any atom is -0.508 e. The monoisotopic (exact) mass is 1010 g/mol. The van der Waals surface area contributed by atoms with Gasteiger partial charge in [-0.25, -0.2) is 8.78 Å². The van der Waals surface area contributed by atoms with E-state index >= 15 is 8.78 Å². The van der Waals surface area contributed by atoms with Crippen molar-refractivity contribution in [3.63, 3.8) is 0 Å². The lowest BCUT2D eigenvalue weighted by Crippen LogP contribution is -2.62. The van der Waals surface area contributed by atoms with Gasteiger partial charge in [-0.15, -0.1) is 0 Å². The number of phenolic OH excluding ortho intramolecular Hbond substituents is 1. The third kappa shape index (κ3) is 9.09. The average molecular weight is 1010 g/mol. The number of ether oxygens (including phenoxy) is 1. The van der Waals surface area contributed by atoms with Gasteiger partial charge in [-0.2, -0.15) is 9.97 Å². The summed E-state index contributed by atoms with van der Waals surface area (Å²) >= 11 is 0. The van der Waals surface area contributed by atoms with Gasteiger partial charge in [-0.1, -0.05) is 19.9 Å². The van der Waals surface area contributed by atoms with Gasteiger partial charge in [-0.3, -0.25) is 24.7 Å². The van der Waals surface area contributed by atoms with Crippen LogP contribution in [0, 0.1) is 27.9 Å². The van der Waals surface area contributed by atoms with Crippen molar-refractivity contribution in [2.45, 2.75) is 110 Å². The third-order valence-electron chi connectivity index (χ3n) is 17.9. The third-order valence-corrected chi connectivity index (χ3v) is 17.9. The molecule has 74 heavy (non-hydrogen) atoms. The van der Waals surface area contributed by atoms with Gasteiger partial charge in [0.1, 0.15) is 34.6 Å². The number of halogens is 2. The summed E-state index contributed by atoms with van der Waals surface area (Å²) in [5.41, 5.74) is 2.92. The number of amides is 3. The molecule has 15 nitrogen and oxygen atoms in total. The number of imide groups is 1. The predicted octanol–water partition coefficient (Wildman–Crippen LogP) is 7.37. The van der Waals surface area contributed by atoms with Crippen LogP contribution in [0.1, 0.15) is 106 Å². The zero-order valence-electron chi connectivity index (χ0n) is 42.8. The van der Waals surface area contributed by atoms with E-state index in [0.29, 0.717) is 84.0 Å². The van der Waals surface area contributed by atoms with Crippen molar-refractivity contribution in [1.82, 2.24) is 35.0 Å². The van der Waals surface area contributed by atoms with E-state index in [1.165, 1.54) is 12.1 Å². The number of hydrogen-bond donors (Lipinski definition) is 3. The van der Waals surface area contributed by atoms with Crippen molar-refractivity contribution >= 4 is 50.9 Å². The Kier molecular flexibility index (Phi) is 12.1. The van der Waals surface area contributed by atoms with Crippen LogP contribution in [0.2, 0.25) is 0 Å². The Morgan fingerprint density at radius 3 is 2.35 bits per heavy atom. The molecule has 17 heteroatoms. The van der Waals surface area contributed by atoms with E-state index in [4.69, 9.17) is 14.7 Å². The number of phenols is 1. The molecule has 5 saturated heterocycles. The summed E-state index contributed by atoms with van der Waals surface area (Å²) in [7, 11) is 0. The molecule has 3 N–H and O–H groups in total. The zero-order chi connectivity index (χ0) is 51.3. The number of aromatic nitrogens is 3. The molecule has 390 valence electrons. The van der Waals surface area contributed by atoms with Gasteiger partial charge in [0.2, 0.25) is 11.8 Å². The Morgan fingerprint density at radius 2 is 1.62 bits per heavy atom. The first-order valence-corrected chi connectivity index (χ1v) is 26.9. The Morgan fingerprint density at radius 1 is 0.838 bits per heavy atom. The van der Waals surface area contributed by atoms with E-state index in [0.717, 1.165) is 109 Å².